The van der Waals surface area contributed by atoms with Crippen LogP contribution in [0.25, 0.3) is 0 Å². The van der Waals surface area contributed by atoms with Crippen LogP contribution >= 0.6 is 27.5 Å². The Morgan fingerprint density at radius 1 is 1.20 bits per heavy atom. The fraction of sp³-hybridized carbons (Fsp3) is 0.483. The van der Waals surface area contributed by atoms with Crippen molar-refractivity contribution in [2.24, 2.45) is 0 Å². The van der Waals surface area contributed by atoms with Crippen molar-refractivity contribution >= 4 is 55.3 Å². The van der Waals surface area contributed by atoms with Crippen LogP contribution in [0.5, 0.6) is 0 Å². The van der Waals surface area contributed by atoms with E-state index in [-0.39, 0.29) is 22.5 Å². The van der Waals surface area contributed by atoms with E-state index in [1.165, 1.54) is 6.20 Å². The highest BCUT2D eigenvalue weighted by Crippen LogP contribution is 2.45. The van der Waals surface area contributed by atoms with E-state index >= 15 is 4.39 Å². The molecule has 2 aromatic rings. The van der Waals surface area contributed by atoms with Crippen LogP contribution in [0.15, 0.2) is 39.8 Å². The number of carbonyl (C=O) groups excluding carboxylic acids is 3. The molecule has 1 N–H and O–H groups in total. The van der Waals surface area contributed by atoms with Crippen LogP contribution in [0.4, 0.5) is 13.6 Å². The molecule has 246 valence electrons. The number of nitrogens with zero attached hydrogens (tertiary/aromatic N) is 4. The Kier molecular flexibility index (Phi) is 8.86. The summed E-state index contributed by atoms with van der Waals surface area (Å²) in [6, 6.07) is 4.37. The molecule has 1 aromatic carbocycles. The van der Waals surface area contributed by atoms with Crippen molar-refractivity contribution < 1.29 is 41.2 Å². The standard InChI is InChI=1S/C29H29BrClF2N5O7S/c1-27(2,3)44-26(41)45-38-9-8-29(38,23-20(33)10-16(30)13-35-23)25(40)37-14-18(12-21(37)24(39)36-28(15-34)6-7-28)46(42,43)22-5-4-17(32)11-19(22)31/h4-5,10-11,13,18,21H,6-9,12,14H2,1-3H3,(H,36,39)/t18-,21+,29?/m1/s1. The zero-order chi connectivity index (χ0) is 33.8. The minimum atomic E-state index is -4.37. The molecule has 3 atom stereocenters. The van der Waals surface area contributed by atoms with Crippen molar-refractivity contribution in [3.63, 3.8) is 0 Å². The van der Waals surface area contributed by atoms with Crippen molar-refractivity contribution in [3.05, 3.63) is 57.3 Å². The Hall–Kier alpha value is -3.39. The quantitative estimate of drug-likeness (QED) is 0.322. The van der Waals surface area contributed by atoms with Gasteiger partial charge >= 0.3 is 6.16 Å². The Balaban J connectivity index is 1.56. The lowest BCUT2D eigenvalue weighted by atomic mass is 9.81. The van der Waals surface area contributed by atoms with Gasteiger partial charge in [-0.25, -0.2) is 22.0 Å². The molecule has 1 aromatic heterocycles. The minimum Gasteiger partial charge on any atom is -0.427 e. The van der Waals surface area contributed by atoms with Gasteiger partial charge in [0.05, 0.1) is 21.2 Å². The molecule has 1 unspecified atom stereocenters. The molecule has 2 amide bonds. The monoisotopic (exact) mass is 743 g/mol. The minimum absolute atomic E-state index is 0.0582. The molecule has 5 rings (SSSR count). The molecule has 3 fully saturated rings. The molecule has 3 aliphatic rings. The summed E-state index contributed by atoms with van der Waals surface area (Å²) in [6.45, 7) is 4.15. The number of rotatable bonds is 7. The summed E-state index contributed by atoms with van der Waals surface area (Å²) in [5.41, 5.74) is -4.68. The number of amides is 2. The van der Waals surface area contributed by atoms with Gasteiger partial charge in [0.1, 0.15) is 34.5 Å². The second kappa shape index (κ2) is 12.0. The van der Waals surface area contributed by atoms with E-state index in [1.807, 2.05) is 6.07 Å². The van der Waals surface area contributed by atoms with E-state index in [0.29, 0.717) is 12.8 Å². The summed E-state index contributed by atoms with van der Waals surface area (Å²) < 4.78 is 62.4. The summed E-state index contributed by atoms with van der Waals surface area (Å²) >= 11 is 9.23. The van der Waals surface area contributed by atoms with E-state index in [9.17, 15) is 32.5 Å². The number of nitriles is 1. The Bertz CT molecular complexity index is 1760. The summed E-state index contributed by atoms with van der Waals surface area (Å²) in [7, 11) is -4.37. The molecular formula is C29H29BrClF2N5O7S. The predicted molar refractivity (Wildman–Crippen MR) is 160 cm³/mol. The normalized spacial score (nSPS) is 24.0. The van der Waals surface area contributed by atoms with Crippen LogP contribution in [-0.2, 0) is 34.5 Å². The van der Waals surface area contributed by atoms with E-state index in [0.717, 1.165) is 34.2 Å². The number of hydrogen-bond acceptors (Lipinski definition) is 10. The van der Waals surface area contributed by atoms with Crippen LogP contribution in [0.3, 0.4) is 0 Å². The average Bonchev–Trinajstić information content (AvgIpc) is 3.55. The second-order valence-corrected chi connectivity index (χ2v) is 15.9. The van der Waals surface area contributed by atoms with E-state index in [4.69, 9.17) is 21.2 Å². The first-order valence-electron chi connectivity index (χ1n) is 14.2. The number of hydroxylamine groups is 2. The number of ether oxygens (including phenoxy) is 1. The highest BCUT2D eigenvalue weighted by molar-refractivity contribution is 9.10. The zero-order valence-electron chi connectivity index (χ0n) is 24.9. The van der Waals surface area contributed by atoms with Gasteiger partial charge in [-0.05, 0) is 86.6 Å². The van der Waals surface area contributed by atoms with Gasteiger partial charge in [-0.3, -0.25) is 14.6 Å². The molecule has 3 heterocycles. The highest BCUT2D eigenvalue weighted by atomic mass is 79.9. The predicted octanol–water partition coefficient (Wildman–Crippen LogP) is 4.16. The lowest BCUT2D eigenvalue weighted by molar-refractivity contribution is -0.255. The SMILES string of the molecule is CC(C)(C)OC(=O)ON1CCC1(C(=O)N1C[C@H](S(=O)(=O)c2ccc(F)cc2Cl)C[C@H]1C(=O)NC1(C#N)CC1)c1ncc(Br)cc1F. The van der Waals surface area contributed by atoms with Gasteiger partial charge in [0.15, 0.2) is 15.4 Å². The van der Waals surface area contributed by atoms with Crippen molar-refractivity contribution in [2.75, 3.05) is 13.1 Å². The molecule has 46 heavy (non-hydrogen) atoms. The molecule has 1 aliphatic carbocycles. The van der Waals surface area contributed by atoms with Crippen molar-refractivity contribution in [3.8, 4) is 6.07 Å². The summed E-state index contributed by atoms with van der Waals surface area (Å²) in [6.07, 6.45) is 0.215. The number of carbonyl (C=O) groups is 3. The number of sulfone groups is 1. The molecule has 0 bridgehead atoms. The van der Waals surface area contributed by atoms with Crippen LogP contribution in [0.2, 0.25) is 5.02 Å². The number of halogens is 4. The van der Waals surface area contributed by atoms with Crippen molar-refractivity contribution in [1.29, 1.82) is 5.26 Å². The molecule has 2 aliphatic heterocycles. The maximum Gasteiger partial charge on any atom is 0.528 e. The van der Waals surface area contributed by atoms with Crippen LogP contribution in [0.1, 0.15) is 52.1 Å². The number of benzene rings is 1. The second-order valence-electron chi connectivity index (χ2n) is 12.4. The van der Waals surface area contributed by atoms with Crippen LogP contribution in [-0.4, -0.2) is 76.9 Å². The Morgan fingerprint density at radius 3 is 2.43 bits per heavy atom. The van der Waals surface area contributed by atoms with Gasteiger partial charge in [-0.2, -0.15) is 5.26 Å². The first kappa shape index (κ1) is 34.0. The summed E-state index contributed by atoms with van der Waals surface area (Å²) in [5.74, 6) is -3.48. The Labute approximate surface area is 277 Å². The van der Waals surface area contributed by atoms with E-state index < -0.39 is 91.0 Å². The van der Waals surface area contributed by atoms with Gasteiger partial charge in [-0.1, -0.05) is 11.6 Å². The van der Waals surface area contributed by atoms with Crippen LogP contribution in [0, 0.1) is 23.0 Å². The fourth-order valence-electron chi connectivity index (χ4n) is 5.51. The van der Waals surface area contributed by atoms with Gasteiger partial charge in [-0.15, -0.1) is 5.06 Å². The summed E-state index contributed by atoms with van der Waals surface area (Å²) in [5, 5.41) is 11.3. The lowest BCUT2D eigenvalue weighted by Crippen LogP contribution is -2.67. The molecular weight excluding hydrogens is 716 g/mol. The van der Waals surface area contributed by atoms with E-state index in [1.54, 1.807) is 20.8 Å². The number of nitrogens with one attached hydrogen (secondary N) is 1. The maximum absolute atomic E-state index is 15.6. The van der Waals surface area contributed by atoms with Crippen molar-refractivity contribution in [1.82, 2.24) is 20.3 Å². The number of likely N-dealkylation sites (tertiary alicyclic amines) is 1. The third-order valence-corrected chi connectivity index (χ3v) is 11.1. The first-order valence-corrected chi connectivity index (χ1v) is 16.9. The topological polar surface area (TPSA) is 159 Å². The fourth-order valence-corrected chi connectivity index (χ4v) is 8.04. The highest BCUT2D eigenvalue weighted by Gasteiger charge is 2.62. The van der Waals surface area contributed by atoms with Crippen molar-refractivity contribution in [2.45, 2.75) is 79.3 Å². The lowest BCUT2D eigenvalue weighted by Gasteiger charge is -2.49. The molecule has 17 heteroatoms. The first-order chi connectivity index (χ1) is 21.4. The zero-order valence-corrected chi connectivity index (χ0v) is 28.0. The van der Waals surface area contributed by atoms with E-state index in [2.05, 4.69) is 26.2 Å². The molecule has 12 nitrogen and oxygen atoms in total. The average molecular weight is 745 g/mol. The van der Waals surface area contributed by atoms with Gasteiger partial charge < -0.3 is 19.8 Å². The molecule has 0 radical (unpaired) electrons. The smallest absolute Gasteiger partial charge is 0.427 e. The van der Waals surface area contributed by atoms with Gasteiger partial charge in [0.25, 0.3) is 5.91 Å². The third-order valence-electron chi connectivity index (χ3n) is 8.02. The molecule has 0 spiro atoms. The van der Waals surface area contributed by atoms with Crippen LogP contribution < -0.4 is 5.32 Å². The number of pyridine rings is 1. The number of hydrogen-bond donors (Lipinski definition) is 1. The summed E-state index contributed by atoms with van der Waals surface area (Å²) in [4.78, 5) is 51.1. The molecule has 2 saturated heterocycles. The number of aromatic nitrogens is 1. The molecule has 1 saturated carbocycles. The third kappa shape index (κ3) is 6.29. The largest absolute Gasteiger partial charge is 0.528 e. The maximum atomic E-state index is 15.6. The van der Waals surface area contributed by atoms with Gasteiger partial charge in [0.2, 0.25) is 5.91 Å². The Morgan fingerprint density at radius 2 is 1.89 bits per heavy atom. The van der Waals surface area contributed by atoms with Gasteiger partial charge in [0, 0.05) is 23.8 Å².